The maximum absolute atomic E-state index is 13.5. The molecule has 12 heteroatoms. The topological polar surface area (TPSA) is 107 Å². The molecule has 1 aliphatic heterocycles. The number of piperazine rings is 1. The van der Waals surface area contributed by atoms with E-state index in [9.17, 15) is 27.6 Å². The number of hydrogen-bond acceptors (Lipinski definition) is 5. The molecule has 0 bridgehead atoms. The summed E-state index contributed by atoms with van der Waals surface area (Å²) in [4.78, 5) is 43.9. The molecule has 1 fully saturated rings. The minimum absolute atomic E-state index is 0.0675. The Balaban J connectivity index is 1.65. The molecule has 182 valence electrons. The molecule has 3 N–H and O–H groups in total. The number of hydrazine groups is 1. The molecule has 0 radical (unpaired) electrons. The van der Waals surface area contributed by atoms with E-state index >= 15 is 0 Å². The van der Waals surface area contributed by atoms with Gasteiger partial charge >= 0.3 is 18.4 Å². The zero-order valence-corrected chi connectivity index (χ0v) is 18.4. The van der Waals surface area contributed by atoms with Gasteiger partial charge in [-0.3, -0.25) is 30.3 Å². The number of halogens is 3. The van der Waals surface area contributed by atoms with Crippen LogP contribution >= 0.6 is 0 Å². The molecule has 1 atom stereocenters. The summed E-state index contributed by atoms with van der Waals surface area (Å²) >= 11 is 0. The summed E-state index contributed by atoms with van der Waals surface area (Å²) in [5.41, 5.74) is 4.54. The zero-order chi connectivity index (χ0) is 24.7. The molecular formula is C22H25F3N6O3. The Morgan fingerprint density at radius 2 is 1.94 bits per heavy atom. The fourth-order valence-electron chi connectivity index (χ4n) is 3.58. The van der Waals surface area contributed by atoms with Crippen LogP contribution < -0.4 is 16.2 Å². The van der Waals surface area contributed by atoms with Crippen LogP contribution in [0.25, 0.3) is 0 Å². The lowest BCUT2D eigenvalue weighted by Crippen LogP contribution is -2.57. The van der Waals surface area contributed by atoms with Crippen LogP contribution in [0.2, 0.25) is 0 Å². The Morgan fingerprint density at radius 1 is 1.15 bits per heavy atom. The minimum Gasteiger partial charge on any atom is -0.319 e. The standard InChI is InChI=1S/C22H25F3N6O3/c1-2-30-8-9-31(22(34)27-17-5-3-4-15(23)10-17)18(13-30)11-16-7-6-14(12-26-16)20(32)28-29-21(33)19(24)25/h3-7,10,12,18-19H,2,8-9,11,13H2,1H3,(H,27,34)(H,28,32)(H,29,33). The van der Waals surface area contributed by atoms with E-state index in [0.29, 0.717) is 37.4 Å². The molecule has 2 aromatic rings. The number of alkyl halides is 2. The van der Waals surface area contributed by atoms with E-state index in [1.54, 1.807) is 22.5 Å². The van der Waals surface area contributed by atoms with Gasteiger partial charge < -0.3 is 10.2 Å². The van der Waals surface area contributed by atoms with Gasteiger partial charge in [0.25, 0.3) is 5.91 Å². The number of anilines is 1. The van der Waals surface area contributed by atoms with Crippen LogP contribution in [0.5, 0.6) is 0 Å². The number of carbonyl (C=O) groups is 3. The van der Waals surface area contributed by atoms with Crippen LogP contribution in [0.3, 0.4) is 0 Å². The number of amides is 4. The molecule has 1 aromatic heterocycles. The number of hydrogen-bond donors (Lipinski definition) is 3. The third-order valence-corrected chi connectivity index (χ3v) is 5.38. The molecule has 4 amide bonds. The van der Waals surface area contributed by atoms with Crippen molar-refractivity contribution >= 4 is 23.5 Å². The van der Waals surface area contributed by atoms with Crippen LogP contribution in [0.1, 0.15) is 23.0 Å². The van der Waals surface area contributed by atoms with Crippen molar-refractivity contribution in [2.45, 2.75) is 25.8 Å². The summed E-state index contributed by atoms with van der Waals surface area (Å²) in [7, 11) is 0. The maximum Gasteiger partial charge on any atom is 0.322 e. The van der Waals surface area contributed by atoms with Crippen molar-refractivity contribution in [3.05, 3.63) is 59.7 Å². The number of pyridine rings is 1. The number of urea groups is 1. The van der Waals surface area contributed by atoms with Crippen molar-refractivity contribution in [1.82, 2.24) is 25.6 Å². The van der Waals surface area contributed by atoms with E-state index in [4.69, 9.17) is 0 Å². The van der Waals surface area contributed by atoms with Crippen LogP contribution in [0, 0.1) is 5.82 Å². The van der Waals surface area contributed by atoms with Crippen LogP contribution in [-0.4, -0.2) is 71.3 Å². The second-order valence-electron chi connectivity index (χ2n) is 7.67. The summed E-state index contributed by atoms with van der Waals surface area (Å²) in [5, 5.41) is 2.72. The predicted molar refractivity (Wildman–Crippen MR) is 118 cm³/mol. The van der Waals surface area contributed by atoms with Crippen molar-refractivity contribution in [3.8, 4) is 0 Å². The van der Waals surface area contributed by atoms with E-state index in [1.165, 1.54) is 30.5 Å². The van der Waals surface area contributed by atoms with Crippen LogP contribution in [0.15, 0.2) is 42.6 Å². The number of nitrogens with zero attached hydrogens (tertiary/aromatic N) is 3. The lowest BCUT2D eigenvalue weighted by molar-refractivity contribution is -0.132. The number of likely N-dealkylation sites (N-methyl/N-ethyl adjacent to an activating group) is 1. The van der Waals surface area contributed by atoms with Crippen molar-refractivity contribution in [2.24, 2.45) is 0 Å². The first-order valence-electron chi connectivity index (χ1n) is 10.7. The smallest absolute Gasteiger partial charge is 0.319 e. The van der Waals surface area contributed by atoms with Gasteiger partial charge in [-0.25, -0.2) is 9.18 Å². The predicted octanol–water partition coefficient (Wildman–Crippen LogP) is 2.03. The lowest BCUT2D eigenvalue weighted by atomic mass is 10.1. The van der Waals surface area contributed by atoms with Gasteiger partial charge in [-0.1, -0.05) is 13.0 Å². The molecule has 1 unspecified atom stereocenters. The maximum atomic E-state index is 13.5. The quantitative estimate of drug-likeness (QED) is 0.551. The number of aromatic nitrogens is 1. The first kappa shape index (κ1) is 25.0. The van der Waals surface area contributed by atoms with Gasteiger partial charge in [0.2, 0.25) is 0 Å². The summed E-state index contributed by atoms with van der Waals surface area (Å²) in [5.74, 6) is -2.86. The Morgan fingerprint density at radius 3 is 2.59 bits per heavy atom. The highest BCUT2D eigenvalue weighted by Crippen LogP contribution is 2.17. The largest absolute Gasteiger partial charge is 0.322 e. The third-order valence-electron chi connectivity index (χ3n) is 5.38. The summed E-state index contributed by atoms with van der Waals surface area (Å²) in [6, 6.07) is 8.12. The van der Waals surface area contributed by atoms with Crippen LogP contribution in [-0.2, 0) is 11.2 Å². The van der Waals surface area contributed by atoms with Gasteiger partial charge in [-0.2, -0.15) is 8.78 Å². The first-order chi connectivity index (χ1) is 16.3. The first-order valence-corrected chi connectivity index (χ1v) is 10.7. The van der Waals surface area contributed by atoms with Crippen LogP contribution in [0.4, 0.5) is 23.7 Å². The van der Waals surface area contributed by atoms with E-state index in [2.05, 4.69) is 15.2 Å². The fourth-order valence-corrected chi connectivity index (χ4v) is 3.58. The fraction of sp³-hybridized carbons (Fsp3) is 0.364. The van der Waals surface area contributed by atoms with Crippen molar-refractivity contribution in [1.29, 1.82) is 0 Å². The number of carbonyl (C=O) groups excluding carboxylic acids is 3. The van der Waals surface area contributed by atoms with E-state index < -0.39 is 24.1 Å². The minimum atomic E-state index is -3.25. The molecule has 1 aromatic carbocycles. The second-order valence-corrected chi connectivity index (χ2v) is 7.67. The molecule has 9 nitrogen and oxygen atoms in total. The number of rotatable bonds is 6. The van der Waals surface area contributed by atoms with Crippen molar-refractivity contribution in [2.75, 3.05) is 31.5 Å². The normalized spacial score (nSPS) is 16.3. The van der Waals surface area contributed by atoms with Gasteiger partial charge in [0.1, 0.15) is 5.82 Å². The Bertz CT molecular complexity index is 1020. The third kappa shape index (κ3) is 6.67. The second kappa shape index (κ2) is 11.5. The van der Waals surface area contributed by atoms with Crippen molar-refractivity contribution in [3.63, 3.8) is 0 Å². The molecule has 0 aliphatic carbocycles. The monoisotopic (exact) mass is 478 g/mol. The van der Waals surface area contributed by atoms with Gasteiger partial charge in [0.15, 0.2) is 0 Å². The number of benzene rings is 1. The average Bonchev–Trinajstić information content (AvgIpc) is 2.82. The SMILES string of the molecule is CCN1CCN(C(=O)Nc2cccc(F)c2)C(Cc2ccc(C(=O)NNC(=O)C(F)F)cn2)C1. The van der Waals surface area contributed by atoms with E-state index in [1.807, 2.05) is 12.3 Å². The van der Waals surface area contributed by atoms with Gasteiger partial charge in [-0.05, 0) is 36.9 Å². The Hall–Kier alpha value is -3.67. The molecule has 1 aliphatic rings. The molecule has 3 rings (SSSR count). The summed E-state index contributed by atoms with van der Waals surface area (Å²) in [6.45, 7) is 4.62. The van der Waals surface area contributed by atoms with Gasteiger partial charge in [0.05, 0.1) is 11.6 Å². The van der Waals surface area contributed by atoms with E-state index in [-0.39, 0.29) is 17.6 Å². The molecule has 2 heterocycles. The summed E-state index contributed by atoms with van der Waals surface area (Å²) in [6.07, 6.45) is -1.59. The highest BCUT2D eigenvalue weighted by Gasteiger charge is 2.30. The molecule has 1 saturated heterocycles. The zero-order valence-electron chi connectivity index (χ0n) is 18.4. The molecule has 0 spiro atoms. The average molecular weight is 478 g/mol. The number of nitrogens with one attached hydrogen (secondary N) is 3. The van der Waals surface area contributed by atoms with Gasteiger partial charge in [-0.15, -0.1) is 0 Å². The highest BCUT2D eigenvalue weighted by molar-refractivity contribution is 5.95. The Kier molecular flexibility index (Phi) is 8.41. The highest BCUT2D eigenvalue weighted by atomic mass is 19.3. The lowest BCUT2D eigenvalue weighted by Gasteiger charge is -2.41. The molecular weight excluding hydrogens is 453 g/mol. The molecule has 0 saturated carbocycles. The summed E-state index contributed by atoms with van der Waals surface area (Å²) < 4.78 is 37.9. The molecule has 34 heavy (non-hydrogen) atoms. The van der Waals surface area contributed by atoms with Crippen molar-refractivity contribution < 1.29 is 27.6 Å². The van der Waals surface area contributed by atoms with E-state index in [0.717, 1.165) is 6.54 Å². The van der Waals surface area contributed by atoms with Gasteiger partial charge in [0, 0.05) is 43.6 Å². The Labute approximate surface area is 194 Å².